The molecule has 7 heteroatoms. The molecule has 27 heavy (non-hydrogen) atoms. The number of alkyl halides is 2. The molecule has 0 spiro atoms. The Hall–Kier alpha value is -2.67. The van der Waals surface area contributed by atoms with E-state index in [9.17, 15) is 18.7 Å². The molecule has 2 aromatic rings. The van der Waals surface area contributed by atoms with E-state index in [0.29, 0.717) is 24.3 Å². The van der Waals surface area contributed by atoms with E-state index in [1.807, 2.05) is 0 Å². The number of hydrogen-bond acceptors (Lipinski definition) is 4. The van der Waals surface area contributed by atoms with Gasteiger partial charge in [0.25, 0.3) is 5.91 Å². The molecule has 5 nitrogen and oxygen atoms in total. The van der Waals surface area contributed by atoms with Crippen LogP contribution in [0.4, 0.5) is 8.78 Å². The highest BCUT2D eigenvalue weighted by Crippen LogP contribution is 2.22. The van der Waals surface area contributed by atoms with E-state index in [2.05, 4.69) is 4.74 Å². The van der Waals surface area contributed by atoms with Crippen LogP contribution in [0.5, 0.6) is 11.5 Å². The summed E-state index contributed by atoms with van der Waals surface area (Å²) in [6.07, 6.45) is 1.76. The van der Waals surface area contributed by atoms with Crippen molar-refractivity contribution in [3.63, 3.8) is 0 Å². The Labute approximate surface area is 156 Å². The van der Waals surface area contributed by atoms with Crippen LogP contribution in [0.3, 0.4) is 0 Å². The Bertz CT molecular complexity index is 761. The van der Waals surface area contributed by atoms with Crippen LogP contribution in [0.15, 0.2) is 48.5 Å². The van der Waals surface area contributed by atoms with Crippen LogP contribution in [0.2, 0.25) is 0 Å². The third-order valence-electron chi connectivity index (χ3n) is 4.41. The number of ether oxygens (including phenoxy) is 2. The van der Waals surface area contributed by atoms with Crippen LogP contribution >= 0.6 is 0 Å². The largest absolute Gasteiger partial charge is 0.508 e. The topological polar surface area (TPSA) is 59.0 Å². The van der Waals surface area contributed by atoms with E-state index < -0.39 is 6.61 Å². The second-order valence-electron chi connectivity index (χ2n) is 6.35. The van der Waals surface area contributed by atoms with Crippen LogP contribution < -0.4 is 4.74 Å². The first kappa shape index (κ1) is 19.1. The molecule has 1 saturated heterocycles. The predicted octanol–water partition coefficient (Wildman–Crippen LogP) is 3.82. The van der Waals surface area contributed by atoms with E-state index in [4.69, 9.17) is 4.74 Å². The second kappa shape index (κ2) is 8.81. The molecule has 1 fully saturated rings. The highest BCUT2D eigenvalue weighted by atomic mass is 19.3. The molecule has 144 valence electrons. The lowest BCUT2D eigenvalue weighted by Crippen LogP contribution is -2.37. The van der Waals surface area contributed by atoms with Crippen molar-refractivity contribution in [1.82, 2.24) is 4.90 Å². The summed E-state index contributed by atoms with van der Waals surface area (Å²) in [7, 11) is 0. The van der Waals surface area contributed by atoms with Gasteiger partial charge in [0.1, 0.15) is 11.5 Å². The molecule has 1 aliphatic rings. The summed E-state index contributed by atoms with van der Waals surface area (Å²) >= 11 is 0. The van der Waals surface area contributed by atoms with Crippen molar-refractivity contribution in [3.8, 4) is 11.5 Å². The number of para-hydroxylation sites is 1. The number of carbonyl (C=O) groups is 1. The average Bonchev–Trinajstić information content (AvgIpc) is 3.16. The molecule has 1 aliphatic heterocycles. The monoisotopic (exact) mass is 377 g/mol. The maximum atomic E-state index is 13.0. The van der Waals surface area contributed by atoms with Crippen molar-refractivity contribution < 1.29 is 28.2 Å². The van der Waals surface area contributed by atoms with Crippen LogP contribution in [0.25, 0.3) is 0 Å². The van der Waals surface area contributed by atoms with Gasteiger partial charge in [-0.1, -0.05) is 18.2 Å². The van der Waals surface area contributed by atoms with Crippen molar-refractivity contribution >= 4 is 5.91 Å². The number of hydrogen-bond donors (Lipinski definition) is 1. The zero-order valence-electron chi connectivity index (χ0n) is 14.7. The fourth-order valence-corrected chi connectivity index (χ4v) is 3.07. The zero-order chi connectivity index (χ0) is 19.2. The third-order valence-corrected chi connectivity index (χ3v) is 4.41. The number of aromatic hydroxyl groups is 1. The smallest absolute Gasteiger partial charge is 0.387 e. The number of halogens is 2. The highest BCUT2D eigenvalue weighted by molar-refractivity contribution is 5.94. The van der Waals surface area contributed by atoms with Gasteiger partial charge >= 0.3 is 6.61 Å². The maximum absolute atomic E-state index is 13.0. The summed E-state index contributed by atoms with van der Waals surface area (Å²) < 4.78 is 34.5. The maximum Gasteiger partial charge on any atom is 0.387 e. The third kappa shape index (κ3) is 5.17. The molecule has 0 saturated carbocycles. The minimum absolute atomic E-state index is 0.00655. The molecular weight excluding hydrogens is 356 g/mol. The molecule has 1 unspecified atom stereocenters. The highest BCUT2D eigenvalue weighted by Gasteiger charge is 2.24. The number of benzene rings is 2. The van der Waals surface area contributed by atoms with Gasteiger partial charge in [-0.05, 0) is 43.2 Å². The molecule has 3 rings (SSSR count). The molecule has 1 atom stereocenters. The minimum Gasteiger partial charge on any atom is -0.508 e. The van der Waals surface area contributed by atoms with Crippen LogP contribution in [0, 0.1) is 0 Å². The minimum atomic E-state index is -2.91. The number of carbonyl (C=O) groups excluding carboxylic acids is 1. The van der Waals surface area contributed by atoms with Crippen molar-refractivity contribution in [2.75, 3.05) is 13.2 Å². The van der Waals surface area contributed by atoms with Gasteiger partial charge in [0, 0.05) is 30.8 Å². The Morgan fingerprint density at radius 3 is 2.59 bits per heavy atom. The molecule has 1 N–H and O–H groups in total. The van der Waals surface area contributed by atoms with E-state index >= 15 is 0 Å². The Morgan fingerprint density at radius 1 is 1.22 bits per heavy atom. The molecule has 2 aromatic carbocycles. The number of rotatable bonds is 7. The van der Waals surface area contributed by atoms with Gasteiger partial charge in [0.15, 0.2) is 0 Å². The van der Waals surface area contributed by atoms with E-state index in [1.54, 1.807) is 29.2 Å². The summed E-state index contributed by atoms with van der Waals surface area (Å²) in [5.74, 6) is -0.159. The summed E-state index contributed by atoms with van der Waals surface area (Å²) in [4.78, 5) is 14.6. The van der Waals surface area contributed by atoms with E-state index in [0.717, 1.165) is 12.8 Å². The lowest BCUT2D eigenvalue weighted by atomic mass is 10.1. The van der Waals surface area contributed by atoms with Crippen molar-refractivity contribution in [3.05, 3.63) is 59.7 Å². The lowest BCUT2D eigenvalue weighted by Gasteiger charge is -2.26. The summed E-state index contributed by atoms with van der Waals surface area (Å²) in [6, 6.07) is 12.4. The number of phenols is 1. The fourth-order valence-electron chi connectivity index (χ4n) is 3.07. The number of amides is 1. The molecular formula is C20H21F2NO4. The molecule has 1 heterocycles. The van der Waals surface area contributed by atoms with Crippen LogP contribution in [0.1, 0.15) is 28.8 Å². The van der Waals surface area contributed by atoms with E-state index in [-0.39, 0.29) is 30.1 Å². The van der Waals surface area contributed by atoms with Gasteiger partial charge in [-0.3, -0.25) is 4.79 Å². The SMILES string of the molecule is O=C(c1ccc(OC(F)F)cc1)N(Cc1ccccc1O)CC1CCCO1. The fraction of sp³-hybridized carbons (Fsp3) is 0.350. The first-order valence-corrected chi connectivity index (χ1v) is 8.75. The molecule has 1 amide bonds. The Balaban J connectivity index is 1.78. The quantitative estimate of drug-likeness (QED) is 0.797. The summed E-state index contributed by atoms with van der Waals surface area (Å²) in [5.41, 5.74) is 0.978. The molecule has 0 radical (unpaired) electrons. The first-order chi connectivity index (χ1) is 13.0. The van der Waals surface area contributed by atoms with Crippen molar-refractivity contribution in [2.45, 2.75) is 32.1 Å². The predicted molar refractivity (Wildman–Crippen MR) is 94.9 cm³/mol. The summed E-state index contributed by atoms with van der Waals surface area (Å²) in [5, 5.41) is 10.0. The van der Waals surface area contributed by atoms with Crippen LogP contribution in [-0.4, -0.2) is 41.8 Å². The van der Waals surface area contributed by atoms with Gasteiger partial charge in [-0.2, -0.15) is 8.78 Å². The van der Waals surface area contributed by atoms with Gasteiger partial charge < -0.3 is 19.5 Å². The van der Waals surface area contributed by atoms with Crippen LogP contribution in [-0.2, 0) is 11.3 Å². The van der Waals surface area contributed by atoms with Gasteiger partial charge in [-0.25, -0.2) is 0 Å². The van der Waals surface area contributed by atoms with Crippen molar-refractivity contribution in [1.29, 1.82) is 0 Å². The number of phenolic OH excluding ortho intramolecular Hbond substituents is 1. The van der Waals surface area contributed by atoms with Crippen molar-refractivity contribution in [2.24, 2.45) is 0 Å². The van der Waals surface area contributed by atoms with Gasteiger partial charge in [0.05, 0.1) is 6.10 Å². The standard InChI is InChI=1S/C20H21F2NO4/c21-20(22)27-16-9-7-14(8-10-16)19(25)23(13-17-5-3-11-26-17)12-15-4-1-2-6-18(15)24/h1-2,4,6-10,17,20,24H,3,5,11-13H2. The number of nitrogens with zero attached hydrogens (tertiary/aromatic N) is 1. The normalized spacial score (nSPS) is 16.5. The van der Waals surface area contributed by atoms with Gasteiger partial charge in [-0.15, -0.1) is 0 Å². The van der Waals surface area contributed by atoms with Gasteiger partial charge in [0.2, 0.25) is 0 Å². The first-order valence-electron chi connectivity index (χ1n) is 8.75. The zero-order valence-corrected chi connectivity index (χ0v) is 14.7. The Morgan fingerprint density at radius 2 is 1.96 bits per heavy atom. The molecule has 0 bridgehead atoms. The molecule has 0 aliphatic carbocycles. The second-order valence-corrected chi connectivity index (χ2v) is 6.35. The lowest BCUT2D eigenvalue weighted by molar-refractivity contribution is -0.0498. The summed E-state index contributed by atoms with van der Waals surface area (Å²) in [6.45, 7) is -1.63. The Kier molecular flexibility index (Phi) is 6.24. The van der Waals surface area contributed by atoms with E-state index in [1.165, 1.54) is 24.3 Å². The average molecular weight is 377 g/mol. The molecule has 0 aromatic heterocycles.